The highest BCUT2D eigenvalue weighted by Crippen LogP contribution is 2.25. The van der Waals surface area contributed by atoms with Crippen LogP contribution < -0.4 is 0 Å². The van der Waals surface area contributed by atoms with Crippen LogP contribution in [0.25, 0.3) is 0 Å². The Morgan fingerprint density at radius 2 is 1.50 bits per heavy atom. The highest BCUT2D eigenvalue weighted by atomic mass is 16.5. The Bertz CT molecular complexity index is 185. The lowest BCUT2D eigenvalue weighted by atomic mass is 9.87. The SMILES string of the molecule is CCCCCCCCCC(C)(C)C(=O)OC. The zero-order valence-electron chi connectivity index (χ0n) is 11.5. The summed E-state index contributed by atoms with van der Waals surface area (Å²) in [5.41, 5.74) is -0.307. The summed E-state index contributed by atoms with van der Waals surface area (Å²) < 4.78 is 4.79. The maximum atomic E-state index is 11.4. The Hall–Kier alpha value is -0.530. The Kier molecular flexibility index (Phi) is 8.32. The number of unbranched alkanes of at least 4 members (excludes halogenated alkanes) is 6. The third-order valence-electron chi connectivity index (χ3n) is 3.14. The van der Waals surface area contributed by atoms with Gasteiger partial charge >= 0.3 is 5.97 Å². The van der Waals surface area contributed by atoms with Crippen LogP contribution >= 0.6 is 0 Å². The monoisotopic (exact) mass is 228 g/mol. The van der Waals surface area contributed by atoms with E-state index in [0.29, 0.717) is 0 Å². The Labute approximate surface area is 101 Å². The first-order valence-electron chi connectivity index (χ1n) is 6.63. The molecule has 0 spiro atoms. The van der Waals surface area contributed by atoms with Gasteiger partial charge in [0.2, 0.25) is 0 Å². The average Bonchev–Trinajstić information content (AvgIpc) is 2.26. The van der Waals surface area contributed by atoms with Crippen LogP contribution in [0.5, 0.6) is 0 Å². The van der Waals surface area contributed by atoms with Gasteiger partial charge in [-0.25, -0.2) is 0 Å². The van der Waals surface area contributed by atoms with E-state index in [9.17, 15) is 4.79 Å². The molecule has 0 aliphatic heterocycles. The number of carbonyl (C=O) groups excluding carboxylic acids is 1. The van der Waals surface area contributed by atoms with Crippen molar-refractivity contribution in [2.24, 2.45) is 5.41 Å². The van der Waals surface area contributed by atoms with Gasteiger partial charge in [0, 0.05) is 0 Å². The number of hydrogen-bond donors (Lipinski definition) is 0. The predicted octanol–water partition coefficient (Wildman–Crippen LogP) is 4.33. The first kappa shape index (κ1) is 15.5. The second-order valence-electron chi connectivity index (χ2n) is 5.25. The van der Waals surface area contributed by atoms with Crippen LogP contribution in [-0.4, -0.2) is 13.1 Å². The fraction of sp³-hybridized carbons (Fsp3) is 0.929. The Morgan fingerprint density at radius 3 is 2.00 bits per heavy atom. The van der Waals surface area contributed by atoms with E-state index in [1.165, 1.54) is 45.6 Å². The molecule has 0 aliphatic carbocycles. The van der Waals surface area contributed by atoms with Gasteiger partial charge in [-0.2, -0.15) is 0 Å². The third-order valence-corrected chi connectivity index (χ3v) is 3.14. The summed E-state index contributed by atoms with van der Waals surface area (Å²) in [7, 11) is 1.47. The van der Waals surface area contributed by atoms with Crippen LogP contribution in [0.15, 0.2) is 0 Å². The normalized spacial score (nSPS) is 11.5. The van der Waals surface area contributed by atoms with Gasteiger partial charge in [-0.15, -0.1) is 0 Å². The van der Waals surface area contributed by atoms with E-state index in [0.717, 1.165) is 12.8 Å². The minimum atomic E-state index is -0.307. The molecule has 0 aliphatic rings. The molecule has 0 atom stereocenters. The van der Waals surface area contributed by atoms with Crippen LogP contribution in [0.3, 0.4) is 0 Å². The molecular formula is C14H28O2. The van der Waals surface area contributed by atoms with E-state index in [1.54, 1.807) is 0 Å². The number of esters is 1. The lowest BCUT2D eigenvalue weighted by Crippen LogP contribution is -2.25. The van der Waals surface area contributed by atoms with Gasteiger partial charge in [0.25, 0.3) is 0 Å². The topological polar surface area (TPSA) is 26.3 Å². The number of ether oxygens (including phenoxy) is 1. The summed E-state index contributed by atoms with van der Waals surface area (Å²) in [6, 6.07) is 0. The second kappa shape index (κ2) is 8.60. The lowest BCUT2D eigenvalue weighted by molar-refractivity contribution is -0.151. The van der Waals surface area contributed by atoms with Crippen molar-refractivity contribution in [3.8, 4) is 0 Å². The molecule has 2 nitrogen and oxygen atoms in total. The van der Waals surface area contributed by atoms with Gasteiger partial charge < -0.3 is 4.74 Å². The summed E-state index contributed by atoms with van der Waals surface area (Å²) in [5, 5.41) is 0. The molecule has 0 fully saturated rings. The summed E-state index contributed by atoms with van der Waals surface area (Å²) in [5.74, 6) is -0.0847. The highest BCUT2D eigenvalue weighted by molar-refractivity contribution is 5.75. The molecule has 0 rings (SSSR count). The van der Waals surface area contributed by atoms with Crippen LogP contribution in [0.1, 0.15) is 72.1 Å². The van der Waals surface area contributed by atoms with Crippen molar-refractivity contribution in [2.45, 2.75) is 72.1 Å². The number of hydrogen-bond acceptors (Lipinski definition) is 2. The van der Waals surface area contributed by atoms with Crippen LogP contribution in [-0.2, 0) is 9.53 Å². The molecule has 2 heteroatoms. The van der Waals surface area contributed by atoms with Gasteiger partial charge in [0.05, 0.1) is 12.5 Å². The largest absolute Gasteiger partial charge is 0.469 e. The summed E-state index contributed by atoms with van der Waals surface area (Å²) in [6.07, 6.45) is 9.97. The Morgan fingerprint density at radius 1 is 1.00 bits per heavy atom. The standard InChI is InChI=1S/C14H28O2/c1-5-6-7-8-9-10-11-12-14(2,3)13(15)16-4/h5-12H2,1-4H3. The van der Waals surface area contributed by atoms with E-state index in [-0.39, 0.29) is 11.4 Å². The van der Waals surface area contributed by atoms with E-state index in [1.807, 2.05) is 13.8 Å². The van der Waals surface area contributed by atoms with Crippen molar-refractivity contribution < 1.29 is 9.53 Å². The van der Waals surface area contributed by atoms with E-state index < -0.39 is 0 Å². The van der Waals surface area contributed by atoms with Crippen LogP contribution in [0, 0.1) is 5.41 Å². The molecular weight excluding hydrogens is 200 g/mol. The number of methoxy groups -OCH3 is 1. The minimum absolute atomic E-state index is 0.0847. The van der Waals surface area contributed by atoms with Crippen molar-refractivity contribution in [1.82, 2.24) is 0 Å². The molecule has 0 unspecified atom stereocenters. The molecule has 0 saturated heterocycles. The van der Waals surface area contributed by atoms with E-state index >= 15 is 0 Å². The van der Waals surface area contributed by atoms with Crippen molar-refractivity contribution >= 4 is 5.97 Å². The van der Waals surface area contributed by atoms with E-state index in [4.69, 9.17) is 4.74 Å². The third kappa shape index (κ3) is 6.86. The molecule has 0 aromatic heterocycles. The summed E-state index contributed by atoms with van der Waals surface area (Å²) in [4.78, 5) is 11.4. The second-order valence-corrected chi connectivity index (χ2v) is 5.25. The molecule has 0 N–H and O–H groups in total. The van der Waals surface area contributed by atoms with Crippen molar-refractivity contribution in [2.75, 3.05) is 7.11 Å². The molecule has 0 aromatic rings. The van der Waals surface area contributed by atoms with Gasteiger partial charge in [-0.1, -0.05) is 51.9 Å². The molecule has 96 valence electrons. The quantitative estimate of drug-likeness (QED) is 0.434. The molecule has 0 aromatic carbocycles. The zero-order chi connectivity index (χ0) is 12.4. The zero-order valence-corrected chi connectivity index (χ0v) is 11.5. The number of carbonyl (C=O) groups is 1. The number of rotatable bonds is 9. The first-order chi connectivity index (χ1) is 7.54. The maximum absolute atomic E-state index is 11.4. The molecule has 0 saturated carbocycles. The molecule has 0 radical (unpaired) electrons. The van der Waals surface area contributed by atoms with Gasteiger partial charge in [0.1, 0.15) is 0 Å². The lowest BCUT2D eigenvalue weighted by Gasteiger charge is -2.20. The smallest absolute Gasteiger partial charge is 0.311 e. The fourth-order valence-electron chi connectivity index (χ4n) is 1.90. The van der Waals surface area contributed by atoms with Crippen molar-refractivity contribution in [3.63, 3.8) is 0 Å². The molecule has 16 heavy (non-hydrogen) atoms. The van der Waals surface area contributed by atoms with Gasteiger partial charge in [-0.3, -0.25) is 4.79 Å². The molecule has 0 amide bonds. The van der Waals surface area contributed by atoms with Crippen molar-refractivity contribution in [3.05, 3.63) is 0 Å². The van der Waals surface area contributed by atoms with Gasteiger partial charge in [-0.05, 0) is 20.3 Å². The van der Waals surface area contributed by atoms with Crippen LogP contribution in [0.2, 0.25) is 0 Å². The summed E-state index contributed by atoms with van der Waals surface area (Å²) >= 11 is 0. The van der Waals surface area contributed by atoms with Crippen molar-refractivity contribution in [1.29, 1.82) is 0 Å². The molecule has 0 bridgehead atoms. The first-order valence-corrected chi connectivity index (χ1v) is 6.63. The predicted molar refractivity (Wildman–Crippen MR) is 68.4 cm³/mol. The highest BCUT2D eigenvalue weighted by Gasteiger charge is 2.27. The Balaban J connectivity index is 3.47. The summed E-state index contributed by atoms with van der Waals surface area (Å²) in [6.45, 7) is 6.17. The van der Waals surface area contributed by atoms with E-state index in [2.05, 4.69) is 6.92 Å². The average molecular weight is 228 g/mol. The van der Waals surface area contributed by atoms with Gasteiger partial charge in [0.15, 0.2) is 0 Å². The molecule has 0 heterocycles. The fourth-order valence-corrected chi connectivity index (χ4v) is 1.90. The maximum Gasteiger partial charge on any atom is 0.311 e. The minimum Gasteiger partial charge on any atom is -0.469 e. The van der Waals surface area contributed by atoms with Crippen LogP contribution in [0.4, 0.5) is 0 Å².